The van der Waals surface area contributed by atoms with Gasteiger partial charge in [-0.15, -0.1) is 10.2 Å². The van der Waals surface area contributed by atoms with E-state index in [1.807, 2.05) is 13.8 Å². The summed E-state index contributed by atoms with van der Waals surface area (Å²) < 4.78 is 5.05. The summed E-state index contributed by atoms with van der Waals surface area (Å²) in [5.41, 5.74) is 5.44. The average molecular weight is 185 g/mol. The summed E-state index contributed by atoms with van der Waals surface area (Å²) in [5, 5.41) is 13.6. The highest BCUT2D eigenvalue weighted by atomic mass is 16.5. The maximum atomic E-state index is 6.11. The van der Waals surface area contributed by atoms with Crippen molar-refractivity contribution in [1.29, 1.82) is 0 Å². The standard InChI is InChI=1S/C7H15N5O/c1-5(2)7(8,4-13-3)6-9-11-12-10-6/h5H,4,8H2,1-3H3,(H,9,10,11,12). The molecule has 0 amide bonds. The molecule has 1 rings (SSSR count). The van der Waals surface area contributed by atoms with Crippen molar-refractivity contribution < 1.29 is 4.74 Å². The number of aromatic amines is 1. The monoisotopic (exact) mass is 185 g/mol. The van der Waals surface area contributed by atoms with E-state index in [2.05, 4.69) is 20.6 Å². The van der Waals surface area contributed by atoms with Gasteiger partial charge in [-0.05, 0) is 5.92 Å². The highest BCUT2D eigenvalue weighted by molar-refractivity contribution is 5.03. The largest absolute Gasteiger partial charge is 0.382 e. The normalized spacial score (nSPS) is 16.1. The molecule has 1 unspecified atom stereocenters. The molecular weight excluding hydrogens is 170 g/mol. The molecule has 0 saturated heterocycles. The van der Waals surface area contributed by atoms with Gasteiger partial charge in [0, 0.05) is 7.11 Å². The molecule has 0 aliphatic heterocycles. The molecule has 74 valence electrons. The Kier molecular flexibility index (Phi) is 2.94. The number of hydrogen-bond donors (Lipinski definition) is 2. The summed E-state index contributed by atoms with van der Waals surface area (Å²) in [4.78, 5) is 0. The molecule has 0 aromatic carbocycles. The van der Waals surface area contributed by atoms with E-state index in [9.17, 15) is 0 Å². The minimum Gasteiger partial charge on any atom is -0.382 e. The molecule has 13 heavy (non-hydrogen) atoms. The summed E-state index contributed by atoms with van der Waals surface area (Å²) in [6.07, 6.45) is 0. The summed E-state index contributed by atoms with van der Waals surface area (Å²) in [5.74, 6) is 0.675. The highest BCUT2D eigenvalue weighted by Crippen LogP contribution is 2.23. The topological polar surface area (TPSA) is 89.7 Å². The molecular formula is C7H15N5O. The second-order valence-electron chi connectivity index (χ2n) is 3.36. The summed E-state index contributed by atoms with van der Waals surface area (Å²) >= 11 is 0. The van der Waals surface area contributed by atoms with E-state index >= 15 is 0 Å². The van der Waals surface area contributed by atoms with Crippen molar-refractivity contribution in [2.45, 2.75) is 19.4 Å². The van der Waals surface area contributed by atoms with Gasteiger partial charge < -0.3 is 10.5 Å². The first-order valence-corrected chi connectivity index (χ1v) is 4.13. The van der Waals surface area contributed by atoms with Crippen molar-refractivity contribution >= 4 is 0 Å². The smallest absolute Gasteiger partial charge is 0.196 e. The lowest BCUT2D eigenvalue weighted by Crippen LogP contribution is -2.47. The molecule has 0 aliphatic carbocycles. The summed E-state index contributed by atoms with van der Waals surface area (Å²) in [6.45, 7) is 4.37. The average Bonchev–Trinajstić information content (AvgIpc) is 2.56. The lowest BCUT2D eigenvalue weighted by atomic mass is 9.87. The first-order valence-electron chi connectivity index (χ1n) is 4.13. The first kappa shape index (κ1) is 10.1. The van der Waals surface area contributed by atoms with Gasteiger partial charge in [0.25, 0.3) is 0 Å². The number of rotatable bonds is 4. The zero-order valence-corrected chi connectivity index (χ0v) is 8.11. The molecule has 0 aliphatic rings. The Morgan fingerprint density at radius 1 is 1.62 bits per heavy atom. The van der Waals surface area contributed by atoms with Gasteiger partial charge in [0.05, 0.1) is 6.61 Å². The zero-order valence-electron chi connectivity index (χ0n) is 8.11. The Balaban J connectivity index is 2.91. The molecule has 1 aromatic heterocycles. The Morgan fingerprint density at radius 2 is 2.31 bits per heavy atom. The van der Waals surface area contributed by atoms with Crippen LogP contribution in [0.4, 0.5) is 0 Å². The van der Waals surface area contributed by atoms with Gasteiger partial charge in [0.15, 0.2) is 5.82 Å². The van der Waals surface area contributed by atoms with Crippen LogP contribution in [0.5, 0.6) is 0 Å². The minimum absolute atomic E-state index is 0.185. The van der Waals surface area contributed by atoms with Crippen molar-refractivity contribution in [1.82, 2.24) is 20.6 Å². The van der Waals surface area contributed by atoms with E-state index in [-0.39, 0.29) is 5.92 Å². The molecule has 0 spiro atoms. The molecule has 0 saturated carbocycles. The molecule has 1 heterocycles. The molecule has 0 bridgehead atoms. The van der Waals surface area contributed by atoms with Gasteiger partial charge in [0.1, 0.15) is 5.54 Å². The summed E-state index contributed by atoms with van der Waals surface area (Å²) in [7, 11) is 1.60. The van der Waals surface area contributed by atoms with E-state index in [0.29, 0.717) is 12.4 Å². The fourth-order valence-corrected chi connectivity index (χ4v) is 1.09. The number of tetrazole rings is 1. The fraction of sp³-hybridized carbons (Fsp3) is 0.857. The molecule has 0 fully saturated rings. The van der Waals surface area contributed by atoms with Gasteiger partial charge in [-0.2, -0.15) is 5.21 Å². The number of nitrogens with one attached hydrogen (secondary N) is 1. The predicted molar refractivity (Wildman–Crippen MR) is 46.8 cm³/mol. The van der Waals surface area contributed by atoms with Crippen LogP contribution in [0.15, 0.2) is 0 Å². The van der Waals surface area contributed by atoms with Crippen LogP contribution in [-0.2, 0) is 10.3 Å². The van der Waals surface area contributed by atoms with Crippen molar-refractivity contribution in [2.24, 2.45) is 11.7 Å². The van der Waals surface area contributed by atoms with Crippen LogP contribution in [-0.4, -0.2) is 34.3 Å². The van der Waals surface area contributed by atoms with Crippen LogP contribution in [0.25, 0.3) is 0 Å². The number of hydrogen-bond acceptors (Lipinski definition) is 5. The quantitative estimate of drug-likeness (QED) is 0.669. The molecule has 1 aromatic rings. The predicted octanol–water partition coefficient (Wildman–Crippen LogP) is -0.344. The van der Waals surface area contributed by atoms with E-state index in [0.717, 1.165) is 0 Å². The molecule has 6 nitrogen and oxygen atoms in total. The lowest BCUT2D eigenvalue weighted by molar-refractivity contribution is 0.0983. The van der Waals surface area contributed by atoms with Crippen molar-refractivity contribution in [3.05, 3.63) is 5.82 Å². The van der Waals surface area contributed by atoms with Crippen molar-refractivity contribution in [3.63, 3.8) is 0 Å². The second kappa shape index (κ2) is 3.80. The highest BCUT2D eigenvalue weighted by Gasteiger charge is 2.35. The Bertz CT molecular complexity index is 247. The number of nitrogens with zero attached hydrogens (tertiary/aromatic N) is 3. The Hall–Kier alpha value is -1.01. The third-order valence-corrected chi connectivity index (χ3v) is 2.18. The number of ether oxygens (including phenoxy) is 1. The maximum absolute atomic E-state index is 6.11. The van der Waals surface area contributed by atoms with Crippen LogP contribution in [0.2, 0.25) is 0 Å². The lowest BCUT2D eigenvalue weighted by Gasteiger charge is -2.28. The number of nitrogens with two attached hydrogens (primary N) is 1. The SMILES string of the molecule is COCC(N)(c1nn[nH]n1)C(C)C. The third-order valence-electron chi connectivity index (χ3n) is 2.18. The molecule has 1 atom stereocenters. The van der Waals surface area contributed by atoms with Crippen LogP contribution in [0.3, 0.4) is 0 Å². The summed E-state index contributed by atoms with van der Waals surface area (Å²) in [6, 6.07) is 0. The van der Waals surface area contributed by atoms with Gasteiger partial charge in [-0.25, -0.2) is 0 Å². The van der Waals surface area contributed by atoms with Gasteiger partial charge in [-0.1, -0.05) is 19.1 Å². The van der Waals surface area contributed by atoms with E-state index < -0.39 is 5.54 Å². The van der Waals surface area contributed by atoms with Crippen LogP contribution in [0.1, 0.15) is 19.7 Å². The van der Waals surface area contributed by atoms with Crippen LogP contribution in [0, 0.1) is 5.92 Å². The number of methoxy groups -OCH3 is 1. The Morgan fingerprint density at radius 3 is 2.69 bits per heavy atom. The number of H-pyrrole nitrogens is 1. The Labute approximate surface area is 76.8 Å². The van der Waals surface area contributed by atoms with Crippen LogP contribution >= 0.6 is 0 Å². The maximum Gasteiger partial charge on any atom is 0.196 e. The van der Waals surface area contributed by atoms with Gasteiger partial charge in [0.2, 0.25) is 0 Å². The van der Waals surface area contributed by atoms with Gasteiger partial charge in [-0.3, -0.25) is 0 Å². The van der Waals surface area contributed by atoms with E-state index in [1.165, 1.54) is 0 Å². The number of aromatic nitrogens is 4. The van der Waals surface area contributed by atoms with Crippen molar-refractivity contribution in [3.8, 4) is 0 Å². The zero-order chi connectivity index (χ0) is 9.90. The second-order valence-corrected chi connectivity index (χ2v) is 3.36. The molecule has 3 N–H and O–H groups in total. The fourth-order valence-electron chi connectivity index (χ4n) is 1.09. The van der Waals surface area contributed by atoms with E-state index in [4.69, 9.17) is 10.5 Å². The minimum atomic E-state index is -0.665. The van der Waals surface area contributed by atoms with E-state index in [1.54, 1.807) is 7.11 Å². The van der Waals surface area contributed by atoms with Crippen LogP contribution < -0.4 is 5.73 Å². The molecule has 0 radical (unpaired) electrons. The van der Waals surface area contributed by atoms with Crippen molar-refractivity contribution in [2.75, 3.05) is 13.7 Å². The third kappa shape index (κ3) is 1.84. The van der Waals surface area contributed by atoms with Gasteiger partial charge >= 0.3 is 0 Å². The first-order chi connectivity index (χ1) is 6.11. The molecule has 6 heteroatoms.